The SMILES string of the molecule is COc1ccc(CN2CCC3(CC2)O[C@H](C(=O)N(C)C)c2ccccc23)cc1. The lowest BCUT2D eigenvalue weighted by Gasteiger charge is -2.39. The zero-order chi connectivity index (χ0) is 19.7. The molecule has 0 aromatic heterocycles. The molecule has 0 saturated carbocycles. The fraction of sp³-hybridized carbons (Fsp3) is 0.435. The standard InChI is InChI=1S/C23H28N2O3/c1-24(2)22(26)21-19-6-4-5-7-20(19)23(28-21)12-14-25(15-13-23)16-17-8-10-18(27-3)11-9-17/h4-11,21H,12-16H2,1-3H3/t21-/m0/s1. The lowest BCUT2D eigenvalue weighted by molar-refractivity contribution is -0.158. The molecule has 5 nitrogen and oxygen atoms in total. The average Bonchev–Trinajstić information content (AvgIpc) is 3.04. The summed E-state index contributed by atoms with van der Waals surface area (Å²) in [7, 11) is 5.26. The summed E-state index contributed by atoms with van der Waals surface area (Å²) in [5.74, 6) is 0.902. The van der Waals surface area contributed by atoms with E-state index in [0.29, 0.717) is 0 Å². The van der Waals surface area contributed by atoms with E-state index in [1.165, 1.54) is 11.1 Å². The van der Waals surface area contributed by atoms with E-state index in [0.717, 1.165) is 43.8 Å². The van der Waals surface area contributed by atoms with Gasteiger partial charge in [0.05, 0.1) is 12.7 Å². The molecule has 2 aromatic carbocycles. The Bertz CT molecular complexity index is 839. The van der Waals surface area contributed by atoms with E-state index in [-0.39, 0.29) is 11.5 Å². The van der Waals surface area contributed by atoms with Crippen LogP contribution in [0.25, 0.3) is 0 Å². The van der Waals surface area contributed by atoms with Gasteiger partial charge in [-0.3, -0.25) is 9.69 Å². The van der Waals surface area contributed by atoms with Gasteiger partial charge in [0.2, 0.25) is 0 Å². The van der Waals surface area contributed by atoms with E-state index in [1.54, 1.807) is 26.1 Å². The van der Waals surface area contributed by atoms with Gasteiger partial charge in [0.1, 0.15) is 5.75 Å². The predicted octanol–water partition coefficient (Wildman–Crippen LogP) is 3.35. The van der Waals surface area contributed by atoms with E-state index in [2.05, 4.69) is 29.2 Å². The number of rotatable bonds is 4. The molecule has 2 aliphatic heterocycles. The van der Waals surface area contributed by atoms with Crippen LogP contribution in [-0.4, -0.2) is 50.0 Å². The zero-order valence-corrected chi connectivity index (χ0v) is 16.9. The molecular formula is C23H28N2O3. The second-order valence-electron chi connectivity index (χ2n) is 7.94. The number of likely N-dealkylation sites (tertiary alicyclic amines) is 1. The summed E-state index contributed by atoms with van der Waals surface area (Å²) in [5.41, 5.74) is 3.16. The number of piperidine rings is 1. The normalized spacial score (nSPS) is 20.8. The van der Waals surface area contributed by atoms with Crippen molar-refractivity contribution in [2.24, 2.45) is 0 Å². The van der Waals surface area contributed by atoms with Crippen LogP contribution in [0, 0.1) is 0 Å². The summed E-state index contributed by atoms with van der Waals surface area (Å²) in [6.45, 7) is 2.81. The number of fused-ring (bicyclic) bond motifs is 2. The smallest absolute Gasteiger partial charge is 0.255 e. The van der Waals surface area contributed by atoms with Crippen molar-refractivity contribution in [1.29, 1.82) is 0 Å². The minimum absolute atomic E-state index is 0.0185. The molecule has 1 spiro atoms. The molecule has 0 aliphatic carbocycles. The van der Waals surface area contributed by atoms with Crippen molar-refractivity contribution in [3.05, 3.63) is 65.2 Å². The molecule has 1 atom stereocenters. The number of benzene rings is 2. The van der Waals surface area contributed by atoms with E-state index < -0.39 is 6.10 Å². The lowest BCUT2D eigenvalue weighted by atomic mass is 9.83. The Morgan fingerprint density at radius 3 is 2.46 bits per heavy atom. The Hall–Kier alpha value is -2.37. The third kappa shape index (κ3) is 3.40. The number of carbonyl (C=O) groups excluding carboxylic acids is 1. The Balaban J connectivity index is 1.48. The van der Waals surface area contributed by atoms with E-state index in [9.17, 15) is 4.79 Å². The van der Waals surface area contributed by atoms with Gasteiger partial charge in [-0.05, 0) is 41.7 Å². The molecule has 4 rings (SSSR count). The van der Waals surface area contributed by atoms with Gasteiger partial charge in [-0.25, -0.2) is 0 Å². The number of nitrogens with zero attached hydrogens (tertiary/aromatic N) is 2. The number of likely N-dealkylation sites (N-methyl/N-ethyl adjacent to an activating group) is 1. The number of hydrogen-bond acceptors (Lipinski definition) is 4. The number of ether oxygens (including phenoxy) is 2. The molecule has 28 heavy (non-hydrogen) atoms. The highest BCUT2D eigenvalue weighted by Gasteiger charge is 2.48. The summed E-state index contributed by atoms with van der Waals surface area (Å²) >= 11 is 0. The third-order valence-corrected chi connectivity index (χ3v) is 5.97. The highest BCUT2D eigenvalue weighted by molar-refractivity contribution is 5.83. The summed E-state index contributed by atoms with van der Waals surface area (Å²) in [6, 6.07) is 16.5. The average molecular weight is 380 g/mol. The predicted molar refractivity (Wildman–Crippen MR) is 108 cm³/mol. The molecule has 5 heteroatoms. The number of carbonyl (C=O) groups is 1. The maximum absolute atomic E-state index is 12.7. The van der Waals surface area contributed by atoms with Crippen LogP contribution in [0.4, 0.5) is 0 Å². The molecule has 1 fully saturated rings. The zero-order valence-electron chi connectivity index (χ0n) is 16.9. The lowest BCUT2D eigenvalue weighted by Crippen LogP contribution is -2.43. The Morgan fingerprint density at radius 1 is 1.14 bits per heavy atom. The number of amides is 1. The van der Waals surface area contributed by atoms with Crippen LogP contribution in [0.1, 0.15) is 35.6 Å². The first-order valence-corrected chi connectivity index (χ1v) is 9.86. The maximum atomic E-state index is 12.7. The molecule has 0 unspecified atom stereocenters. The van der Waals surface area contributed by atoms with Crippen molar-refractivity contribution in [2.45, 2.75) is 31.1 Å². The van der Waals surface area contributed by atoms with Crippen molar-refractivity contribution >= 4 is 5.91 Å². The highest BCUT2D eigenvalue weighted by Crippen LogP contribution is 2.49. The number of hydrogen-bond donors (Lipinski definition) is 0. The third-order valence-electron chi connectivity index (χ3n) is 5.97. The van der Waals surface area contributed by atoms with E-state index in [1.807, 2.05) is 24.3 Å². The molecule has 2 heterocycles. The molecule has 0 radical (unpaired) electrons. The van der Waals surface area contributed by atoms with E-state index in [4.69, 9.17) is 9.47 Å². The maximum Gasteiger partial charge on any atom is 0.255 e. The first-order chi connectivity index (χ1) is 13.5. The quantitative estimate of drug-likeness (QED) is 0.816. The van der Waals surface area contributed by atoms with Crippen LogP contribution in [-0.2, 0) is 21.7 Å². The van der Waals surface area contributed by atoms with Crippen LogP contribution in [0.2, 0.25) is 0 Å². The highest BCUT2D eigenvalue weighted by atomic mass is 16.5. The largest absolute Gasteiger partial charge is 0.497 e. The van der Waals surface area contributed by atoms with Gasteiger partial charge < -0.3 is 14.4 Å². The molecule has 1 amide bonds. The second-order valence-corrected chi connectivity index (χ2v) is 7.94. The topological polar surface area (TPSA) is 42.0 Å². The van der Waals surface area contributed by atoms with Crippen molar-refractivity contribution in [3.63, 3.8) is 0 Å². The van der Waals surface area contributed by atoms with Crippen molar-refractivity contribution in [2.75, 3.05) is 34.3 Å². The second kappa shape index (κ2) is 7.57. The minimum atomic E-state index is -0.487. The molecule has 2 aliphatic rings. The van der Waals surface area contributed by atoms with Crippen LogP contribution in [0.15, 0.2) is 48.5 Å². The Kier molecular flexibility index (Phi) is 5.13. The number of methoxy groups -OCH3 is 1. The van der Waals surface area contributed by atoms with Crippen LogP contribution >= 0.6 is 0 Å². The van der Waals surface area contributed by atoms with Gasteiger partial charge in [-0.2, -0.15) is 0 Å². The first kappa shape index (κ1) is 19.0. The van der Waals surface area contributed by atoms with Gasteiger partial charge in [-0.1, -0.05) is 36.4 Å². The minimum Gasteiger partial charge on any atom is -0.497 e. The fourth-order valence-electron chi connectivity index (χ4n) is 4.36. The molecule has 1 saturated heterocycles. The van der Waals surface area contributed by atoms with Gasteiger partial charge in [0, 0.05) is 33.7 Å². The first-order valence-electron chi connectivity index (χ1n) is 9.86. The Labute approximate surface area is 166 Å². The fourth-order valence-corrected chi connectivity index (χ4v) is 4.36. The van der Waals surface area contributed by atoms with Crippen LogP contribution in [0.3, 0.4) is 0 Å². The van der Waals surface area contributed by atoms with Crippen molar-refractivity contribution < 1.29 is 14.3 Å². The van der Waals surface area contributed by atoms with Gasteiger partial charge in [0.15, 0.2) is 6.10 Å². The summed E-state index contributed by atoms with van der Waals surface area (Å²) in [4.78, 5) is 16.8. The molecular weight excluding hydrogens is 352 g/mol. The van der Waals surface area contributed by atoms with Gasteiger partial charge >= 0.3 is 0 Å². The van der Waals surface area contributed by atoms with E-state index >= 15 is 0 Å². The van der Waals surface area contributed by atoms with Crippen molar-refractivity contribution in [1.82, 2.24) is 9.80 Å². The Morgan fingerprint density at radius 2 is 1.82 bits per heavy atom. The summed E-state index contributed by atoms with van der Waals surface area (Å²) in [6.07, 6.45) is 1.31. The molecule has 0 N–H and O–H groups in total. The van der Waals surface area contributed by atoms with Crippen LogP contribution < -0.4 is 4.74 Å². The van der Waals surface area contributed by atoms with Crippen molar-refractivity contribution in [3.8, 4) is 5.75 Å². The summed E-state index contributed by atoms with van der Waals surface area (Å²) < 4.78 is 11.7. The van der Waals surface area contributed by atoms with Crippen LogP contribution in [0.5, 0.6) is 5.75 Å². The summed E-state index contributed by atoms with van der Waals surface area (Å²) in [5, 5.41) is 0. The molecule has 148 valence electrons. The molecule has 2 aromatic rings. The van der Waals surface area contributed by atoms with Gasteiger partial charge in [0.25, 0.3) is 5.91 Å². The monoisotopic (exact) mass is 380 g/mol. The van der Waals surface area contributed by atoms with Gasteiger partial charge in [-0.15, -0.1) is 0 Å². The molecule has 0 bridgehead atoms.